The molecule has 7 nitrogen and oxygen atoms in total. The fourth-order valence-corrected chi connectivity index (χ4v) is 3.22. The number of benzene rings is 2. The molecule has 29 heavy (non-hydrogen) atoms. The Morgan fingerprint density at radius 3 is 2.21 bits per heavy atom. The lowest BCUT2D eigenvalue weighted by Crippen LogP contribution is -2.46. The molecule has 2 aromatic rings. The van der Waals surface area contributed by atoms with Gasteiger partial charge in [-0.25, -0.2) is 4.79 Å². The largest absolute Gasteiger partial charge is 0.497 e. The number of rotatable bonds is 6. The molecule has 0 aromatic heterocycles. The Bertz CT molecular complexity index is 810. The Kier molecular flexibility index (Phi) is 6.94. The lowest BCUT2D eigenvalue weighted by Gasteiger charge is -2.31. The molecule has 7 heteroatoms. The Morgan fingerprint density at radius 2 is 1.62 bits per heavy atom. The molecule has 1 aliphatic rings. The maximum absolute atomic E-state index is 12.6. The molecule has 0 spiro atoms. The number of carbonyl (C=O) groups excluding carboxylic acids is 2. The fourth-order valence-electron chi connectivity index (χ4n) is 3.22. The Labute approximate surface area is 170 Å². The van der Waals surface area contributed by atoms with Crippen LogP contribution in [0.5, 0.6) is 11.5 Å². The van der Waals surface area contributed by atoms with E-state index < -0.39 is 0 Å². The Balaban J connectivity index is 1.48. The van der Waals surface area contributed by atoms with Crippen LogP contribution in [-0.2, 0) is 11.3 Å². The third-order valence-electron chi connectivity index (χ3n) is 4.91. The second kappa shape index (κ2) is 9.82. The summed E-state index contributed by atoms with van der Waals surface area (Å²) in [6.07, 6.45) is 1.02. The van der Waals surface area contributed by atoms with Crippen molar-refractivity contribution in [1.82, 2.24) is 10.2 Å². The van der Waals surface area contributed by atoms with Crippen molar-refractivity contribution in [3.8, 4) is 11.5 Å². The van der Waals surface area contributed by atoms with Crippen LogP contribution in [0.1, 0.15) is 28.8 Å². The summed E-state index contributed by atoms with van der Waals surface area (Å²) in [6, 6.07) is 14.7. The van der Waals surface area contributed by atoms with E-state index >= 15 is 0 Å². The molecule has 0 bridgehead atoms. The van der Waals surface area contributed by atoms with Crippen molar-refractivity contribution in [2.24, 2.45) is 0 Å². The predicted octanol–water partition coefficient (Wildman–Crippen LogP) is 3.23. The highest BCUT2D eigenvalue weighted by atomic mass is 16.6. The molecule has 1 saturated heterocycles. The Morgan fingerprint density at radius 1 is 1.00 bits per heavy atom. The van der Waals surface area contributed by atoms with Gasteiger partial charge in [-0.1, -0.05) is 30.3 Å². The second-order valence-electron chi connectivity index (χ2n) is 6.88. The zero-order valence-corrected chi connectivity index (χ0v) is 16.7. The molecule has 0 atom stereocenters. The monoisotopic (exact) mass is 398 g/mol. The lowest BCUT2D eigenvalue weighted by atomic mass is 10.0. The molecule has 3 rings (SSSR count). The number of nitrogens with zero attached hydrogens (tertiary/aromatic N) is 1. The number of nitrogens with one attached hydrogen (secondary N) is 1. The normalized spacial score (nSPS) is 14.2. The van der Waals surface area contributed by atoms with Crippen molar-refractivity contribution < 1.29 is 23.8 Å². The topological polar surface area (TPSA) is 77.1 Å². The van der Waals surface area contributed by atoms with Crippen molar-refractivity contribution in [1.29, 1.82) is 0 Å². The number of hydrogen-bond acceptors (Lipinski definition) is 5. The number of hydrogen-bond donors (Lipinski definition) is 1. The predicted molar refractivity (Wildman–Crippen MR) is 108 cm³/mol. The highest BCUT2D eigenvalue weighted by Crippen LogP contribution is 2.23. The summed E-state index contributed by atoms with van der Waals surface area (Å²) in [7, 11) is 3.09. The van der Waals surface area contributed by atoms with Gasteiger partial charge in [0.25, 0.3) is 5.91 Å². The molecule has 1 fully saturated rings. The summed E-state index contributed by atoms with van der Waals surface area (Å²) in [5.41, 5.74) is 1.43. The van der Waals surface area contributed by atoms with Gasteiger partial charge in [0.05, 0.1) is 14.2 Å². The van der Waals surface area contributed by atoms with Gasteiger partial charge in [0.15, 0.2) is 0 Å². The first-order valence-corrected chi connectivity index (χ1v) is 9.58. The lowest BCUT2D eigenvalue weighted by molar-refractivity contribution is 0.0809. The summed E-state index contributed by atoms with van der Waals surface area (Å²) < 4.78 is 15.8. The van der Waals surface area contributed by atoms with Crippen LogP contribution in [0.4, 0.5) is 4.79 Å². The quantitative estimate of drug-likeness (QED) is 0.808. The molecule has 1 aliphatic heterocycles. The first-order chi connectivity index (χ1) is 14.1. The van der Waals surface area contributed by atoms with E-state index in [1.807, 2.05) is 30.3 Å². The molecular weight excluding hydrogens is 372 g/mol. The minimum Gasteiger partial charge on any atom is -0.497 e. The van der Waals surface area contributed by atoms with Gasteiger partial charge < -0.3 is 24.4 Å². The highest BCUT2D eigenvalue weighted by Gasteiger charge is 2.25. The van der Waals surface area contributed by atoms with E-state index in [1.165, 1.54) is 0 Å². The zero-order valence-electron chi connectivity index (χ0n) is 16.7. The molecule has 0 aliphatic carbocycles. The third-order valence-corrected chi connectivity index (χ3v) is 4.91. The summed E-state index contributed by atoms with van der Waals surface area (Å²) in [5.74, 6) is 0.934. The van der Waals surface area contributed by atoms with Crippen LogP contribution < -0.4 is 14.8 Å². The molecule has 0 unspecified atom stereocenters. The number of piperidine rings is 1. The summed E-state index contributed by atoms with van der Waals surface area (Å²) in [6.45, 7) is 1.34. The number of ether oxygens (including phenoxy) is 3. The van der Waals surface area contributed by atoms with E-state index in [1.54, 1.807) is 37.3 Å². The zero-order chi connectivity index (χ0) is 20.6. The van der Waals surface area contributed by atoms with Gasteiger partial charge in [-0.2, -0.15) is 0 Å². The molecule has 2 aromatic carbocycles. The first kappa shape index (κ1) is 20.5. The Hall–Kier alpha value is -3.22. The maximum Gasteiger partial charge on any atom is 0.410 e. The standard InChI is InChI=1S/C22H26N2O5/c1-27-19-12-17(13-20(14-19)28-2)21(25)23-18-8-10-24(11-9-18)22(26)29-15-16-6-4-3-5-7-16/h3-7,12-14,18H,8-11,15H2,1-2H3,(H,23,25). The van der Waals surface area contributed by atoms with Gasteiger partial charge in [-0.15, -0.1) is 0 Å². The van der Waals surface area contributed by atoms with Gasteiger partial charge >= 0.3 is 6.09 Å². The van der Waals surface area contributed by atoms with Crippen molar-refractivity contribution in [3.63, 3.8) is 0 Å². The number of carbonyl (C=O) groups is 2. The van der Waals surface area contributed by atoms with E-state index in [0.29, 0.717) is 43.0 Å². The average Bonchev–Trinajstić information content (AvgIpc) is 2.78. The van der Waals surface area contributed by atoms with E-state index in [-0.39, 0.29) is 24.6 Å². The van der Waals surface area contributed by atoms with E-state index in [2.05, 4.69) is 5.32 Å². The third kappa shape index (κ3) is 5.63. The molecule has 154 valence electrons. The van der Waals surface area contributed by atoms with Crippen LogP contribution in [0.15, 0.2) is 48.5 Å². The summed E-state index contributed by atoms with van der Waals surface area (Å²) in [5, 5.41) is 3.03. The molecule has 0 saturated carbocycles. The second-order valence-corrected chi connectivity index (χ2v) is 6.88. The number of likely N-dealkylation sites (tertiary alicyclic amines) is 1. The molecule has 1 N–H and O–H groups in total. The van der Waals surface area contributed by atoms with Gasteiger partial charge in [-0.3, -0.25) is 4.79 Å². The van der Waals surface area contributed by atoms with Crippen LogP contribution >= 0.6 is 0 Å². The van der Waals surface area contributed by atoms with Gasteiger partial charge in [0, 0.05) is 30.8 Å². The summed E-state index contributed by atoms with van der Waals surface area (Å²) >= 11 is 0. The van der Waals surface area contributed by atoms with Crippen molar-refractivity contribution in [2.75, 3.05) is 27.3 Å². The van der Waals surface area contributed by atoms with E-state index in [0.717, 1.165) is 5.56 Å². The molecule has 0 radical (unpaired) electrons. The number of methoxy groups -OCH3 is 2. The molecule has 2 amide bonds. The van der Waals surface area contributed by atoms with Crippen molar-refractivity contribution >= 4 is 12.0 Å². The van der Waals surface area contributed by atoms with Gasteiger partial charge in [0.1, 0.15) is 18.1 Å². The smallest absolute Gasteiger partial charge is 0.410 e. The maximum atomic E-state index is 12.6. The SMILES string of the molecule is COc1cc(OC)cc(C(=O)NC2CCN(C(=O)OCc3ccccc3)CC2)c1. The minimum absolute atomic E-state index is 0.00197. The van der Waals surface area contributed by atoms with Crippen molar-refractivity contribution in [2.45, 2.75) is 25.5 Å². The van der Waals surface area contributed by atoms with Gasteiger partial charge in [-0.05, 0) is 30.5 Å². The van der Waals surface area contributed by atoms with Crippen LogP contribution in [0, 0.1) is 0 Å². The fraction of sp³-hybridized carbons (Fsp3) is 0.364. The summed E-state index contributed by atoms with van der Waals surface area (Å²) in [4.78, 5) is 26.5. The van der Waals surface area contributed by atoms with Crippen molar-refractivity contribution in [3.05, 3.63) is 59.7 Å². The van der Waals surface area contributed by atoms with Crippen LogP contribution in [0.2, 0.25) is 0 Å². The average molecular weight is 398 g/mol. The highest BCUT2D eigenvalue weighted by molar-refractivity contribution is 5.95. The van der Waals surface area contributed by atoms with Gasteiger partial charge in [0.2, 0.25) is 0 Å². The van der Waals surface area contributed by atoms with E-state index in [4.69, 9.17) is 14.2 Å². The van der Waals surface area contributed by atoms with E-state index in [9.17, 15) is 9.59 Å². The van der Waals surface area contributed by atoms with Crippen LogP contribution in [-0.4, -0.2) is 50.3 Å². The van der Waals surface area contributed by atoms with Crippen LogP contribution in [0.3, 0.4) is 0 Å². The molecular formula is C22H26N2O5. The molecule has 1 heterocycles. The van der Waals surface area contributed by atoms with Crippen LogP contribution in [0.25, 0.3) is 0 Å². The minimum atomic E-state index is -0.323. The first-order valence-electron chi connectivity index (χ1n) is 9.58. The number of amides is 2.